The minimum Gasteiger partial charge on any atom is -0.370 e. The zero-order valence-corrected chi connectivity index (χ0v) is 19.9. The van der Waals surface area contributed by atoms with E-state index in [-0.39, 0.29) is 18.2 Å². The van der Waals surface area contributed by atoms with E-state index in [9.17, 15) is 0 Å². The van der Waals surface area contributed by atoms with E-state index < -0.39 is 0 Å². The molecule has 2 aromatic rings. The van der Waals surface area contributed by atoms with Crippen molar-refractivity contribution in [2.75, 3.05) is 13.1 Å². The Morgan fingerprint density at radius 3 is 2.50 bits per heavy atom. The molecule has 1 saturated carbocycles. The van der Waals surface area contributed by atoms with Gasteiger partial charge in [-0.15, -0.1) is 0 Å². The molecular weight excluding hydrogens is 445 g/mol. The first-order chi connectivity index (χ1) is 15.6. The second-order valence-electron chi connectivity index (χ2n) is 9.31. The molecule has 3 aliphatic rings. The largest absolute Gasteiger partial charge is 0.370 e. The number of pyridine rings is 2. The summed E-state index contributed by atoms with van der Waals surface area (Å²) in [4.78, 5) is 8.90. The number of ether oxygens (including phenoxy) is 1. The molecule has 3 N–H and O–H groups in total. The Bertz CT molecular complexity index is 901. The summed E-state index contributed by atoms with van der Waals surface area (Å²) in [5.41, 5.74) is 10.3. The summed E-state index contributed by atoms with van der Waals surface area (Å²) in [7, 11) is 0. The maximum atomic E-state index is 6.46. The van der Waals surface area contributed by atoms with Crippen molar-refractivity contribution < 1.29 is 4.74 Å². The van der Waals surface area contributed by atoms with Gasteiger partial charge < -0.3 is 10.1 Å². The smallest absolute Gasteiger partial charge is 0.0830 e. The highest BCUT2D eigenvalue weighted by molar-refractivity contribution is 6.35. The van der Waals surface area contributed by atoms with Gasteiger partial charge in [0.15, 0.2) is 0 Å². The van der Waals surface area contributed by atoms with Crippen molar-refractivity contribution in [1.82, 2.24) is 26.1 Å². The first-order valence-electron chi connectivity index (χ1n) is 11.7. The second-order valence-corrected chi connectivity index (χ2v) is 10.1. The van der Waals surface area contributed by atoms with Crippen molar-refractivity contribution in [2.24, 2.45) is 5.92 Å². The van der Waals surface area contributed by atoms with E-state index in [1.165, 1.54) is 24.1 Å². The van der Waals surface area contributed by atoms with Crippen LogP contribution >= 0.6 is 23.2 Å². The Labute approximate surface area is 199 Å². The number of nitrogens with zero attached hydrogens (tertiary/aromatic N) is 2. The lowest BCUT2D eigenvalue weighted by Gasteiger charge is -2.35. The lowest BCUT2D eigenvalue weighted by Crippen LogP contribution is -2.37. The van der Waals surface area contributed by atoms with Crippen molar-refractivity contribution >= 4 is 23.2 Å². The molecule has 6 nitrogen and oxygen atoms in total. The number of hydrogen-bond acceptors (Lipinski definition) is 6. The van der Waals surface area contributed by atoms with Crippen LogP contribution in [0, 0.1) is 5.92 Å². The summed E-state index contributed by atoms with van der Waals surface area (Å²) in [6.07, 6.45) is 10.7. The number of aromatic nitrogens is 2. The van der Waals surface area contributed by atoms with E-state index in [4.69, 9.17) is 32.9 Å². The second kappa shape index (κ2) is 9.92. The molecular formula is C24H31Cl2N5O. The average molecular weight is 476 g/mol. The van der Waals surface area contributed by atoms with Gasteiger partial charge in [0.05, 0.1) is 28.3 Å². The van der Waals surface area contributed by atoms with Crippen molar-refractivity contribution in [1.29, 1.82) is 0 Å². The van der Waals surface area contributed by atoms with Crippen molar-refractivity contribution in [2.45, 2.75) is 69.2 Å². The fraction of sp³-hybridized carbons (Fsp3) is 0.583. The van der Waals surface area contributed by atoms with E-state index in [1.807, 2.05) is 6.92 Å². The summed E-state index contributed by atoms with van der Waals surface area (Å²) in [5.74, 6) is 1.03. The minimum absolute atomic E-state index is 0.165. The zero-order valence-electron chi connectivity index (χ0n) is 18.4. The van der Waals surface area contributed by atoms with E-state index in [0.29, 0.717) is 27.9 Å². The third-order valence-electron chi connectivity index (χ3n) is 7.32. The summed E-state index contributed by atoms with van der Waals surface area (Å²) in [6, 6.07) is 5.18. The molecule has 2 saturated heterocycles. The van der Waals surface area contributed by atoms with Crippen LogP contribution in [0.1, 0.15) is 73.9 Å². The van der Waals surface area contributed by atoms with Gasteiger partial charge in [0.2, 0.25) is 0 Å². The normalized spacial score (nSPS) is 29.6. The van der Waals surface area contributed by atoms with Crippen LogP contribution in [-0.4, -0.2) is 35.2 Å². The van der Waals surface area contributed by atoms with Gasteiger partial charge in [0.25, 0.3) is 0 Å². The molecule has 5 rings (SSSR count). The van der Waals surface area contributed by atoms with Crippen LogP contribution in [0.2, 0.25) is 10.0 Å². The fourth-order valence-corrected chi connectivity index (χ4v) is 6.27. The Morgan fingerprint density at radius 2 is 1.78 bits per heavy atom. The topological polar surface area (TPSA) is 71.1 Å². The minimum atomic E-state index is -0.175. The molecule has 3 fully saturated rings. The van der Waals surface area contributed by atoms with Crippen LogP contribution < -0.4 is 16.2 Å². The molecule has 0 bridgehead atoms. The number of hydrazine groups is 1. The van der Waals surface area contributed by atoms with Crippen LogP contribution in [-0.2, 0) is 4.74 Å². The van der Waals surface area contributed by atoms with Crippen LogP contribution in [0.5, 0.6) is 0 Å². The Hall–Kier alpha value is -1.28. The lowest BCUT2D eigenvalue weighted by molar-refractivity contribution is -0.0370. The maximum Gasteiger partial charge on any atom is 0.0830 e. The molecule has 0 spiro atoms. The third-order valence-corrected chi connectivity index (χ3v) is 7.93. The molecule has 2 aliphatic heterocycles. The van der Waals surface area contributed by atoms with Gasteiger partial charge in [-0.2, -0.15) is 0 Å². The van der Waals surface area contributed by atoms with Gasteiger partial charge >= 0.3 is 0 Å². The average Bonchev–Trinajstić information content (AvgIpc) is 3.23. The standard InChI is InChI=1S/C24H31Cl2N5O/c1-14(23-19(25)12-28-13-20(23)26)32-17-3-5-22-18(10-17)24(31-30-22)16-2-4-21(29-11-16)15-6-8-27-9-7-15/h2,4,11-15,17-18,22,24,27,30-31H,3,5-10H2,1H3/t14-,17?,18?,22?,24?/m1/s1. The van der Waals surface area contributed by atoms with Gasteiger partial charge in [0.1, 0.15) is 0 Å². The molecule has 0 aromatic carbocycles. The number of nitrogens with one attached hydrogen (secondary N) is 3. The fourth-order valence-electron chi connectivity index (χ4n) is 5.60. The molecule has 2 aromatic heterocycles. The van der Waals surface area contributed by atoms with E-state index in [1.54, 1.807) is 12.4 Å². The molecule has 5 atom stereocenters. The summed E-state index contributed by atoms with van der Waals surface area (Å²) >= 11 is 12.7. The summed E-state index contributed by atoms with van der Waals surface area (Å²) in [5, 5.41) is 4.54. The van der Waals surface area contributed by atoms with Crippen molar-refractivity contribution in [3.8, 4) is 0 Å². The highest BCUT2D eigenvalue weighted by Gasteiger charge is 2.42. The Kier molecular flexibility index (Phi) is 6.98. The molecule has 1 aliphatic carbocycles. The molecule has 0 radical (unpaired) electrons. The van der Waals surface area contributed by atoms with Gasteiger partial charge in [-0.05, 0) is 69.7 Å². The van der Waals surface area contributed by atoms with E-state index in [2.05, 4.69) is 39.5 Å². The molecule has 8 heteroatoms. The number of hydrogen-bond donors (Lipinski definition) is 3. The predicted molar refractivity (Wildman–Crippen MR) is 127 cm³/mol. The lowest BCUT2D eigenvalue weighted by atomic mass is 9.78. The first kappa shape index (κ1) is 22.5. The van der Waals surface area contributed by atoms with Gasteiger partial charge in [0, 0.05) is 41.8 Å². The highest BCUT2D eigenvalue weighted by Crippen LogP contribution is 2.41. The van der Waals surface area contributed by atoms with Gasteiger partial charge in [-0.25, -0.2) is 5.43 Å². The number of piperidine rings is 1. The van der Waals surface area contributed by atoms with Crippen LogP contribution in [0.15, 0.2) is 30.7 Å². The Morgan fingerprint density at radius 1 is 1.00 bits per heavy atom. The molecule has 4 unspecified atom stereocenters. The van der Waals surface area contributed by atoms with Crippen LogP contribution in [0.4, 0.5) is 0 Å². The van der Waals surface area contributed by atoms with Crippen LogP contribution in [0.25, 0.3) is 0 Å². The predicted octanol–water partition coefficient (Wildman–Crippen LogP) is 4.71. The Balaban J connectivity index is 1.25. The zero-order chi connectivity index (χ0) is 22.1. The van der Waals surface area contributed by atoms with Crippen LogP contribution in [0.3, 0.4) is 0 Å². The summed E-state index contributed by atoms with van der Waals surface area (Å²) in [6.45, 7) is 4.19. The SMILES string of the molecule is C[C@@H](OC1CCC2NNC(c3ccc(C4CCNCC4)nc3)C2C1)c1c(Cl)cncc1Cl. The maximum absolute atomic E-state index is 6.46. The molecule has 0 amide bonds. The number of rotatable bonds is 5. The van der Waals surface area contributed by atoms with Gasteiger partial charge in [-0.3, -0.25) is 15.4 Å². The number of fused-ring (bicyclic) bond motifs is 1. The molecule has 172 valence electrons. The molecule has 32 heavy (non-hydrogen) atoms. The van der Waals surface area contributed by atoms with Crippen molar-refractivity contribution in [3.05, 3.63) is 57.6 Å². The summed E-state index contributed by atoms with van der Waals surface area (Å²) < 4.78 is 6.46. The van der Waals surface area contributed by atoms with E-state index >= 15 is 0 Å². The van der Waals surface area contributed by atoms with Gasteiger partial charge in [-0.1, -0.05) is 29.3 Å². The molecule has 4 heterocycles. The quantitative estimate of drug-likeness (QED) is 0.581. The monoisotopic (exact) mass is 475 g/mol. The van der Waals surface area contributed by atoms with E-state index in [0.717, 1.165) is 37.9 Å². The highest BCUT2D eigenvalue weighted by atomic mass is 35.5. The number of halogens is 2. The third kappa shape index (κ3) is 4.67. The first-order valence-corrected chi connectivity index (χ1v) is 12.5. The van der Waals surface area contributed by atoms with Crippen molar-refractivity contribution in [3.63, 3.8) is 0 Å².